The van der Waals surface area contributed by atoms with E-state index in [9.17, 15) is 5.26 Å². The molecule has 0 unspecified atom stereocenters. The summed E-state index contributed by atoms with van der Waals surface area (Å²) in [5.74, 6) is 1.17. The molecule has 0 atom stereocenters. The van der Waals surface area contributed by atoms with Gasteiger partial charge in [0.05, 0.1) is 0 Å². The molecule has 0 spiro atoms. The molecule has 0 saturated heterocycles. The Kier molecular flexibility index (Phi) is 5.44. The van der Waals surface area contributed by atoms with Gasteiger partial charge >= 0.3 is 0 Å². The van der Waals surface area contributed by atoms with Crippen molar-refractivity contribution in [1.29, 1.82) is 5.26 Å². The molecule has 0 fully saturated rings. The largest absolute Gasteiger partial charge is 0.484 e. The molecule has 0 aliphatic heterocycles. The number of nitrogens with zero attached hydrogens (tertiary/aromatic N) is 2. The average molecular weight is 374 g/mol. The molecule has 0 radical (unpaired) electrons. The van der Waals surface area contributed by atoms with Gasteiger partial charge in [-0.15, -0.1) is 0 Å². The molecule has 7 heteroatoms. The fraction of sp³-hybridized carbons (Fsp3) is 0.111. The molecule has 1 N–H and O–H groups in total. The molecule has 126 valence electrons. The number of ether oxygens (including phenoxy) is 1. The number of halogens is 2. The Morgan fingerprint density at radius 3 is 2.76 bits per heavy atom. The molecule has 0 aliphatic carbocycles. The topological polar surface area (TPSA) is 71.1 Å². The summed E-state index contributed by atoms with van der Waals surface area (Å²) in [6.45, 7) is 0.501. The fourth-order valence-corrected chi connectivity index (χ4v) is 2.52. The van der Waals surface area contributed by atoms with E-state index in [1.165, 1.54) is 0 Å². The molecular weight excluding hydrogens is 361 g/mol. The van der Waals surface area contributed by atoms with Crippen molar-refractivity contribution in [2.45, 2.75) is 13.2 Å². The summed E-state index contributed by atoms with van der Waals surface area (Å²) in [4.78, 5) is 4.12. The van der Waals surface area contributed by atoms with E-state index in [0.29, 0.717) is 22.3 Å². The molecule has 0 aliphatic rings. The van der Waals surface area contributed by atoms with E-state index in [0.717, 1.165) is 5.56 Å². The smallest absolute Gasteiger partial charge is 0.236 e. The van der Waals surface area contributed by atoms with Crippen LogP contribution < -0.4 is 10.1 Å². The number of aromatic nitrogens is 1. The Bertz CT molecular complexity index is 919. The lowest BCUT2D eigenvalue weighted by molar-refractivity contribution is 0.265. The van der Waals surface area contributed by atoms with Gasteiger partial charge in [0.2, 0.25) is 17.5 Å². The van der Waals surface area contributed by atoms with E-state index in [1.807, 2.05) is 24.3 Å². The van der Waals surface area contributed by atoms with E-state index < -0.39 is 0 Å². The number of nitriles is 1. The third-order valence-corrected chi connectivity index (χ3v) is 3.94. The molecule has 0 amide bonds. The van der Waals surface area contributed by atoms with Gasteiger partial charge in [-0.05, 0) is 29.8 Å². The van der Waals surface area contributed by atoms with Gasteiger partial charge in [0.25, 0.3) is 0 Å². The fourth-order valence-electron chi connectivity index (χ4n) is 2.14. The summed E-state index contributed by atoms with van der Waals surface area (Å²) >= 11 is 12.0. The molecule has 3 rings (SSSR count). The third-order valence-electron chi connectivity index (χ3n) is 3.33. The lowest BCUT2D eigenvalue weighted by Gasteiger charge is -2.05. The molecule has 2 aromatic carbocycles. The van der Waals surface area contributed by atoms with Crippen LogP contribution in [-0.2, 0) is 13.2 Å². The zero-order chi connectivity index (χ0) is 17.6. The van der Waals surface area contributed by atoms with E-state index in [2.05, 4.69) is 10.3 Å². The Hall–Kier alpha value is -2.68. The number of benzene rings is 2. The Balaban J connectivity index is 1.67. The molecule has 25 heavy (non-hydrogen) atoms. The highest BCUT2D eigenvalue weighted by atomic mass is 35.5. The minimum atomic E-state index is 0.0861. The van der Waals surface area contributed by atoms with E-state index in [-0.39, 0.29) is 24.1 Å². The minimum absolute atomic E-state index is 0.0861. The van der Waals surface area contributed by atoms with Crippen molar-refractivity contribution in [2.75, 3.05) is 5.32 Å². The van der Waals surface area contributed by atoms with Crippen molar-refractivity contribution in [3.05, 3.63) is 75.7 Å². The number of oxazole rings is 1. The average Bonchev–Trinajstić information content (AvgIpc) is 3.02. The van der Waals surface area contributed by atoms with Gasteiger partial charge in [0.1, 0.15) is 11.8 Å². The summed E-state index contributed by atoms with van der Waals surface area (Å²) in [5.41, 5.74) is 1.05. The zero-order valence-corrected chi connectivity index (χ0v) is 14.5. The quantitative estimate of drug-likeness (QED) is 0.654. The first-order valence-electron chi connectivity index (χ1n) is 7.41. The first kappa shape index (κ1) is 17.2. The molecule has 0 bridgehead atoms. The minimum Gasteiger partial charge on any atom is -0.484 e. The maximum absolute atomic E-state index is 9.21. The van der Waals surface area contributed by atoms with Gasteiger partial charge in [0.15, 0.2) is 6.61 Å². The number of hydrogen-bond acceptors (Lipinski definition) is 5. The van der Waals surface area contributed by atoms with Crippen molar-refractivity contribution in [3.63, 3.8) is 0 Å². The van der Waals surface area contributed by atoms with Crippen LogP contribution >= 0.6 is 23.2 Å². The maximum atomic E-state index is 9.21. The second kappa shape index (κ2) is 7.93. The predicted octanol–water partition coefficient (Wildman–Crippen LogP) is 5.04. The van der Waals surface area contributed by atoms with Gasteiger partial charge in [-0.2, -0.15) is 10.2 Å². The van der Waals surface area contributed by atoms with Crippen molar-refractivity contribution in [3.8, 4) is 11.8 Å². The van der Waals surface area contributed by atoms with Crippen LogP contribution in [0.4, 0.5) is 5.88 Å². The third kappa shape index (κ3) is 4.44. The summed E-state index contributed by atoms with van der Waals surface area (Å²) in [6, 6.07) is 16.4. The van der Waals surface area contributed by atoms with Gasteiger partial charge in [0, 0.05) is 16.6 Å². The van der Waals surface area contributed by atoms with Crippen molar-refractivity contribution >= 4 is 29.1 Å². The Morgan fingerprint density at radius 1 is 1.16 bits per heavy atom. The first-order valence-corrected chi connectivity index (χ1v) is 8.17. The standard InChI is InChI=1S/C18H13Cl2N3O2/c19-13-5-3-6-14(8-13)24-11-17-23-16(9-21)18(25-17)22-10-12-4-1-2-7-15(12)20/h1-8,22H,10-11H2. The highest BCUT2D eigenvalue weighted by Gasteiger charge is 2.14. The van der Waals surface area contributed by atoms with Gasteiger partial charge in [-0.1, -0.05) is 47.5 Å². The van der Waals surface area contributed by atoms with Crippen LogP contribution in [0.15, 0.2) is 52.9 Å². The lowest BCUT2D eigenvalue weighted by atomic mass is 10.2. The summed E-state index contributed by atoms with van der Waals surface area (Å²) in [6.07, 6.45) is 0. The SMILES string of the molecule is N#Cc1nc(COc2cccc(Cl)c2)oc1NCc1ccccc1Cl. The molecule has 3 aromatic rings. The molecular formula is C18H13Cl2N3O2. The van der Waals surface area contributed by atoms with Crippen LogP contribution in [0.5, 0.6) is 5.75 Å². The van der Waals surface area contributed by atoms with Crippen molar-refractivity contribution in [2.24, 2.45) is 0 Å². The van der Waals surface area contributed by atoms with Gasteiger partial charge < -0.3 is 14.5 Å². The second-order valence-electron chi connectivity index (χ2n) is 5.09. The van der Waals surface area contributed by atoms with Gasteiger partial charge in [-0.3, -0.25) is 0 Å². The Labute approximate surface area is 154 Å². The second-order valence-corrected chi connectivity index (χ2v) is 5.93. The first-order chi connectivity index (χ1) is 12.2. The zero-order valence-electron chi connectivity index (χ0n) is 13.0. The summed E-state index contributed by atoms with van der Waals surface area (Å²) in [5, 5.41) is 13.5. The lowest BCUT2D eigenvalue weighted by Crippen LogP contribution is -2.00. The summed E-state index contributed by atoms with van der Waals surface area (Å²) in [7, 11) is 0. The maximum Gasteiger partial charge on any atom is 0.236 e. The monoisotopic (exact) mass is 373 g/mol. The number of rotatable bonds is 6. The van der Waals surface area contributed by atoms with Gasteiger partial charge in [-0.25, -0.2) is 0 Å². The molecule has 1 heterocycles. The molecule has 5 nitrogen and oxygen atoms in total. The van der Waals surface area contributed by atoms with E-state index in [1.54, 1.807) is 30.3 Å². The van der Waals surface area contributed by atoms with Crippen molar-refractivity contribution < 1.29 is 9.15 Å². The van der Waals surface area contributed by atoms with Crippen LogP contribution in [0.25, 0.3) is 0 Å². The van der Waals surface area contributed by atoms with Crippen LogP contribution in [0.2, 0.25) is 10.0 Å². The molecule has 0 saturated carbocycles. The normalized spacial score (nSPS) is 10.3. The van der Waals surface area contributed by atoms with Crippen LogP contribution in [-0.4, -0.2) is 4.98 Å². The predicted molar refractivity (Wildman–Crippen MR) is 95.8 cm³/mol. The molecule has 1 aromatic heterocycles. The Morgan fingerprint density at radius 2 is 2.00 bits per heavy atom. The number of nitrogens with one attached hydrogen (secondary N) is 1. The van der Waals surface area contributed by atoms with Crippen molar-refractivity contribution in [1.82, 2.24) is 4.98 Å². The highest BCUT2D eigenvalue weighted by molar-refractivity contribution is 6.31. The number of hydrogen-bond donors (Lipinski definition) is 1. The number of anilines is 1. The van der Waals surface area contributed by atoms with E-state index in [4.69, 9.17) is 32.4 Å². The van der Waals surface area contributed by atoms with Crippen LogP contribution in [0.1, 0.15) is 17.1 Å². The van der Waals surface area contributed by atoms with Crippen LogP contribution in [0, 0.1) is 11.3 Å². The summed E-state index contributed by atoms with van der Waals surface area (Å²) < 4.78 is 11.1. The van der Waals surface area contributed by atoms with Crippen LogP contribution in [0.3, 0.4) is 0 Å². The highest BCUT2D eigenvalue weighted by Crippen LogP contribution is 2.22. The van der Waals surface area contributed by atoms with E-state index >= 15 is 0 Å².